The van der Waals surface area contributed by atoms with E-state index in [9.17, 15) is 15.4 Å². The molecule has 0 unspecified atom stereocenters. The SMILES string of the molecule is CCCCCCCCCN(CCCCCCCCC)c1ccc(/C=C/c2ccc(/C=C/c3ccc([N+](=O)[O-])c(C#N)c3)nc2)cc1. The molecule has 3 rings (SSSR count). The van der Waals surface area contributed by atoms with Crippen molar-refractivity contribution in [3.05, 3.63) is 98.9 Å². The van der Waals surface area contributed by atoms with Gasteiger partial charge >= 0.3 is 0 Å². The average molecular weight is 621 g/mol. The number of aromatic nitrogens is 1. The molecule has 0 saturated heterocycles. The Morgan fingerprint density at radius 1 is 0.696 bits per heavy atom. The summed E-state index contributed by atoms with van der Waals surface area (Å²) in [5, 5.41) is 20.3. The molecule has 46 heavy (non-hydrogen) atoms. The van der Waals surface area contributed by atoms with Crippen LogP contribution < -0.4 is 4.90 Å². The lowest BCUT2D eigenvalue weighted by Gasteiger charge is -2.25. The van der Waals surface area contributed by atoms with E-state index >= 15 is 0 Å². The Morgan fingerprint density at radius 3 is 1.76 bits per heavy atom. The van der Waals surface area contributed by atoms with Crippen molar-refractivity contribution in [2.24, 2.45) is 0 Å². The maximum atomic E-state index is 11.1. The van der Waals surface area contributed by atoms with Crippen molar-refractivity contribution in [2.45, 2.75) is 104 Å². The van der Waals surface area contributed by atoms with Gasteiger partial charge in [0.15, 0.2) is 0 Å². The van der Waals surface area contributed by atoms with Crippen LogP contribution in [-0.2, 0) is 0 Å². The summed E-state index contributed by atoms with van der Waals surface area (Å²) < 4.78 is 0. The summed E-state index contributed by atoms with van der Waals surface area (Å²) in [6, 6.07) is 19.3. The van der Waals surface area contributed by atoms with Crippen LogP contribution in [0.1, 0.15) is 132 Å². The van der Waals surface area contributed by atoms with Gasteiger partial charge in [-0.05, 0) is 65.9 Å². The van der Waals surface area contributed by atoms with Gasteiger partial charge in [0.25, 0.3) is 5.69 Å². The molecule has 1 aromatic heterocycles. The molecular formula is C40H52N4O2. The van der Waals surface area contributed by atoms with E-state index in [4.69, 9.17) is 0 Å². The third kappa shape index (κ3) is 13.4. The van der Waals surface area contributed by atoms with Crippen LogP contribution in [0.25, 0.3) is 24.3 Å². The number of unbranched alkanes of at least 4 members (excludes halogenated alkanes) is 12. The lowest BCUT2D eigenvalue weighted by Crippen LogP contribution is -2.25. The van der Waals surface area contributed by atoms with Crippen LogP contribution >= 0.6 is 0 Å². The summed E-state index contributed by atoms with van der Waals surface area (Å²) in [7, 11) is 0. The molecule has 1 heterocycles. The molecule has 3 aromatic rings. The lowest BCUT2D eigenvalue weighted by molar-refractivity contribution is -0.385. The first-order valence-electron chi connectivity index (χ1n) is 17.4. The first kappa shape index (κ1) is 36.2. The Hall–Kier alpha value is -4.24. The van der Waals surface area contributed by atoms with Gasteiger partial charge in [-0.1, -0.05) is 127 Å². The predicted octanol–water partition coefficient (Wildman–Crippen LogP) is 11.5. The number of anilines is 1. The predicted molar refractivity (Wildman–Crippen MR) is 195 cm³/mol. The third-order valence-electron chi connectivity index (χ3n) is 8.38. The average Bonchev–Trinajstić information content (AvgIpc) is 3.08. The number of rotatable bonds is 22. The number of hydrogen-bond acceptors (Lipinski definition) is 5. The molecule has 0 N–H and O–H groups in total. The summed E-state index contributed by atoms with van der Waals surface area (Å²) in [6.45, 7) is 6.82. The summed E-state index contributed by atoms with van der Waals surface area (Å²) in [5.41, 5.74) is 4.81. The number of hydrogen-bond donors (Lipinski definition) is 0. The smallest absolute Gasteiger partial charge is 0.287 e. The molecule has 0 atom stereocenters. The first-order valence-corrected chi connectivity index (χ1v) is 17.4. The summed E-state index contributed by atoms with van der Waals surface area (Å²) in [6.07, 6.45) is 28.3. The molecule has 0 spiro atoms. The normalized spacial score (nSPS) is 11.3. The van der Waals surface area contributed by atoms with E-state index in [0.717, 1.165) is 29.9 Å². The van der Waals surface area contributed by atoms with Crippen LogP contribution in [0.2, 0.25) is 0 Å². The van der Waals surface area contributed by atoms with Gasteiger partial charge in [0.05, 0.1) is 10.6 Å². The summed E-state index contributed by atoms with van der Waals surface area (Å²) >= 11 is 0. The fourth-order valence-electron chi connectivity index (χ4n) is 5.58. The van der Waals surface area contributed by atoms with Crippen LogP contribution in [0, 0.1) is 21.4 Å². The maximum Gasteiger partial charge on any atom is 0.287 e. The number of benzene rings is 2. The highest BCUT2D eigenvalue weighted by molar-refractivity contribution is 5.72. The molecule has 0 aliphatic heterocycles. The zero-order valence-electron chi connectivity index (χ0n) is 28.0. The molecule has 0 aliphatic carbocycles. The number of nitro groups is 1. The lowest BCUT2D eigenvalue weighted by atomic mass is 10.1. The van der Waals surface area contributed by atoms with E-state index < -0.39 is 4.92 Å². The Labute approximate surface area is 277 Å². The Bertz CT molecular complexity index is 1390. The van der Waals surface area contributed by atoms with Crippen molar-refractivity contribution in [1.29, 1.82) is 5.26 Å². The van der Waals surface area contributed by atoms with Crippen molar-refractivity contribution in [3.8, 4) is 6.07 Å². The van der Waals surface area contributed by atoms with Crippen molar-refractivity contribution < 1.29 is 4.92 Å². The van der Waals surface area contributed by atoms with Crippen molar-refractivity contribution in [3.63, 3.8) is 0 Å². The minimum Gasteiger partial charge on any atom is -0.372 e. The van der Waals surface area contributed by atoms with Gasteiger partial charge in [-0.3, -0.25) is 15.1 Å². The first-order chi connectivity index (χ1) is 22.5. The topological polar surface area (TPSA) is 83.1 Å². The second-order valence-corrected chi connectivity index (χ2v) is 12.1. The highest BCUT2D eigenvalue weighted by Gasteiger charge is 2.13. The molecule has 0 aliphatic rings. The second kappa shape index (κ2) is 21.5. The Morgan fingerprint density at radius 2 is 1.22 bits per heavy atom. The van der Waals surface area contributed by atoms with Crippen molar-refractivity contribution in [2.75, 3.05) is 18.0 Å². The van der Waals surface area contributed by atoms with Gasteiger partial charge in [-0.2, -0.15) is 5.26 Å². The second-order valence-electron chi connectivity index (χ2n) is 12.1. The summed E-state index contributed by atoms with van der Waals surface area (Å²) in [5.74, 6) is 0. The molecule has 6 heteroatoms. The van der Waals surface area contributed by atoms with E-state index in [-0.39, 0.29) is 11.3 Å². The van der Waals surface area contributed by atoms with E-state index in [2.05, 4.69) is 60.1 Å². The molecule has 244 valence electrons. The largest absolute Gasteiger partial charge is 0.372 e. The van der Waals surface area contributed by atoms with Gasteiger partial charge < -0.3 is 4.90 Å². The van der Waals surface area contributed by atoms with Crippen LogP contribution in [0.15, 0.2) is 60.8 Å². The Kier molecular flexibility index (Phi) is 16.9. The standard InChI is InChI=1S/C40H52N4O2/c1-3-5-7-9-11-13-15-29-43(30-16-14-12-10-8-6-4-2)39-26-21-34(22-27-39)17-18-36-20-25-38(42-33-36)24-19-35-23-28-40(44(45)46)37(31-35)32-41/h17-28,31,33H,3-16,29-30H2,1-2H3/b18-17+,24-19+. The summed E-state index contributed by atoms with van der Waals surface area (Å²) in [4.78, 5) is 17.6. The molecule has 0 amide bonds. The number of nitriles is 1. The van der Waals surface area contributed by atoms with E-state index in [0.29, 0.717) is 5.56 Å². The maximum absolute atomic E-state index is 11.1. The minimum atomic E-state index is -0.543. The number of nitro benzene ring substituents is 1. The van der Waals surface area contributed by atoms with E-state index in [1.54, 1.807) is 12.1 Å². The Balaban J connectivity index is 1.55. The zero-order chi connectivity index (χ0) is 32.8. The molecular weight excluding hydrogens is 568 g/mol. The fourth-order valence-corrected chi connectivity index (χ4v) is 5.58. The third-order valence-corrected chi connectivity index (χ3v) is 8.38. The van der Waals surface area contributed by atoms with Crippen molar-refractivity contribution >= 4 is 35.7 Å². The quantitative estimate of drug-likeness (QED) is 0.0634. The highest BCUT2D eigenvalue weighted by atomic mass is 16.6. The highest BCUT2D eigenvalue weighted by Crippen LogP contribution is 2.22. The van der Waals surface area contributed by atoms with Crippen molar-refractivity contribution in [1.82, 2.24) is 4.98 Å². The van der Waals surface area contributed by atoms with Gasteiger partial charge in [0.1, 0.15) is 11.6 Å². The van der Waals surface area contributed by atoms with E-state index in [1.165, 1.54) is 108 Å². The van der Waals surface area contributed by atoms with E-state index in [1.807, 2.05) is 30.5 Å². The van der Waals surface area contributed by atoms with Crippen LogP contribution in [0.4, 0.5) is 11.4 Å². The van der Waals surface area contributed by atoms with Crippen LogP contribution in [0.5, 0.6) is 0 Å². The minimum absolute atomic E-state index is 0.0441. The number of nitrogens with zero attached hydrogens (tertiary/aromatic N) is 4. The van der Waals surface area contributed by atoms with Crippen LogP contribution in [-0.4, -0.2) is 23.0 Å². The van der Waals surface area contributed by atoms with Crippen LogP contribution in [0.3, 0.4) is 0 Å². The van der Waals surface area contributed by atoms with Gasteiger partial charge in [-0.25, -0.2) is 0 Å². The van der Waals surface area contributed by atoms with Gasteiger partial charge in [-0.15, -0.1) is 0 Å². The number of pyridine rings is 1. The molecule has 0 radical (unpaired) electrons. The molecule has 2 aromatic carbocycles. The zero-order valence-corrected chi connectivity index (χ0v) is 28.0. The molecule has 0 fully saturated rings. The monoisotopic (exact) mass is 620 g/mol. The molecule has 6 nitrogen and oxygen atoms in total. The fraction of sp³-hybridized carbons (Fsp3) is 0.450. The molecule has 0 saturated carbocycles. The van der Waals surface area contributed by atoms with Gasteiger partial charge in [0, 0.05) is 31.0 Å². The molecule has 0 bridgehead atoms. The van der Waals surface area contributed by atoms with Gasteiger partial charge in [0.2, 0.25) is 0 Å².